The first-order valence-electron chi connectivity index (χ1n) is 3.25. The van der Waals surface area contributed by atoms with Gasteiger partial charge >= 0.3 is 6.18 Å². The third-order valence-electron chi connectivity index (χ3n) is 1.55. The third kappa shape index (κ3) is 2.07. The van der Waals surface area contributed by atoms with Crippen LogP contribution in [0, 0.1) is 0 Å². The molecule has 2 atom stereocenters. The van der Waals surface area contributed by atoms with E-state index in [9.17, 15) is 13.2 Å². The fourth-order valence-corrected chi connectivity index (χ4v) is 0.964. The third-order valence-corrected chi connectivity index (χ3v) is 1.55. The van der Waals surface area contributed by atoms with E-state index in [1.54, 1.807) is 0 Å². The van der Waals surface area contributed by atoms with E-state index in [1.165, 1.54) is 7.11 Å². The van der Waals surface area contributed by atoms with Gasteiger partial charge in [0, 0.05) is 13.5 Å². The summed E-state index contributed by atoms with van der Waals surface area (Å²) >= 11 is 0. The highest BCUT2D eigenvalue weighted by Gasteiger charge is 2.49. The monoisotopic (exact) mass is 170 g/mol. The molecule has 0 N–H and O–H groups in total. The van der Waals surface area contributed by atoms with Gasteiger partial charge in [0.25, 0.3) is 0 Å². The SMILES string of the molecule is COCC1CC(C(F)(F)F)O1. The van der Waals surface area contributed by atoms with Crippen LogP contribution < -0.4 is 0 Å². The number of ether oxygens (including phenoxy) is 2. The fraction of sp³-hybridized carbons (Fsp3) is 1.00. The number of hydrogen-bond donors (Lipinski definition) is 0. The van der Waals surface area contributed by atoms with Crippen molar-refractivity contribution in [3.63, 3.8) is 0 Å². The Bertz CT molecular complexity index is 128. The lowest BCUT2D eigenvalue weighted by atomic mass is 10.1. The summed E-state index contributed by atoms with van der Waals surface area (Å²) in [4.78, 5) is 0. The second-order valence-corrected chi connectivity index (χ2v) is 2.48. The average molecular weight is 170 g/mol. The van der Waals surface area contributed by atoms with Crippen LogP contribution >= 0.6 is 0 Å². The van der Waals surface area contributed by atoms with E-state index in [4.69, 9.17) is 0 Å². The summed E-state index contributed by atoms with van der Waals surface area (Å²) in [5.41, 5.74) is 0. The lowest BCUT2D eigenvalue weighted by Crippen LogP contribution is -2.48. The molecule has 11 heavy (non-hydrogen) atoms. The molecule has 0 radical (unpaired) electrons. The first-order chi connectivity index (χ1) is 5.04. The topological polar surface area (TPSA) is 18.5 Å². The Morgan fingerprint density at radius 2 is 2.09 bits per heavy atom. The molecule has 0 saturated carbocycles. The molecule has 2 unspecified atom stereocenters. The minimum Gasteiger partial charge on any atom is -0.382 e. The second-order valence-electron chi connectivity index (χ2n) is 2.48. The van der Waals surface area contributed by atoms with Gasteiger partial charge in [-0.2, -0.15) is 13.2 Å². The summed E-state index contributed by atoms with van der Waals surface area (Å²) < 4.78 is 44.4. The van der Waals surface area contributed by atoms with Crippen molar-refractivity contribution in [2.24, 2.45) is 0 Å². The molecule has 0 spiro atoms. The molecule has 1 fully saturated rings. The van der Waals surface area contributed by atoms with Crippen molar-refractivity contribution in [2.75, 3.05) is 13.7 Å². The van der Waals surface area contributed by atoms with E-state index in [0.717, 1.165) is 0 Å². The standard InChI is InChI=1S/C6H9F3O2/c1-10-3-4-2-5(11-4)6(7,8)9/h4-5H,2-3H2,1H3. The molecule has 0 amide bonds. The van der Waals surface area contributed by atoms with Crippen LogP contribution in [0.15, 0.2) is 0 Å². The number of rotatable bonds is 2. The molecule has 0 aromatic carbocycles. The molecule has 1 saturated heterocycles. The zero-order valence-electron chi connectivity index (χ0n) is 6.02. The van der Waals surface area contributed by atoms with Crippen LogP contribution in [0.2, 0.25) is 0 Å². The molecule has 0 aromatic rings. The molecule has 0 aliphatic carbocycles. The molecule has 0 bridgehead atoms. The molecular formula is C6H9F3O2. The second kappa shape index (κ2) is 2.98. The van der Waals surface area contributed by atoms with Crippen LogP contribution in [0.25, 0.3) is 0 Å². The Hall–Kier alpha value is -0.290. The molecular weight excluding hydrogens is 161 g/mol. The summed E-state index contributed by atoms with van der Waals surface area (Å²) in [6.45, 7) is 0.243. The van der Waals surface area contributed by atoms with E-state index >= 15 is 0 Å². The van der Waals surface area contributed by atoms with Crippen molar-refractivity contribution in [3.05, 3.63) is 0 Å². The van der Waals surface area contributed by atoms with Gasteiger partial charge in [0.2, 0.25) is 0 Å². The van der Waals surface area contributed by atoms with Gasteiger partial charge in [0.1, 0.15) is 0 Å². The first kappa shape index (κ1) is 8.80. The van der Waals surface area contributed by atoms with Gasteiger partial charge in [0.15, 0.2) is 6.10 Å². The van der Waals surface area contributed by atoms with Crippen LogP contribution in [0.5, 0.6) is 0 Å². The number of halogens is 3. The van der Waals surface area contributed by atoms with Gasteiger partial charge < -0.3 is 9.47 Å². The zero-order valence-corrected chi connectivity index (χ0v) is 6.02. The Kier molecular flexibility index (Phi) is 2.39. The summed E-state index contributed by atoms with van der Waals surface area (Å²) in [5.74, 6) is 0. The largest absolute Gasteiger partial charge is 0.414 e. The van der Waals surface area contributed by atoms with Crippen molar-refractivity contribution in [3.8, 4) is 0 Å². The predicted octanol–water partition coefficient (Wildman–Crippen LogP) is 1.35. The summed E-state index contributed by atoms with van der Waals surface area (Å²) in [6.07, 6.45) is -6.11. The highest BCUT2D eigenvalue weighted by molar-refractivity contribution is 4.82. The Balaban J connectivity index is 2.19. The van der Waals surface area contributed by atoms with E-state index < -0.39 is 12.3 Å². The van der Waals surface area contributed by atoms with Crippen LogP contribution in [-0.2, 0) is 9.47 Å². The minimum absolute atomic E-state index is 0.0251. The minimum atomic E-state index is -4.20. The smallest absolute Gasteiger partial charge is 0.382 e. The quantitative estimate of drug-likeness (QED) is 0.622. The summed E-state index contributed by atoms with van der Waals surface area (Å²) in [6, 6.07) is 0. The molecule has 1 aliphatic heterocycles. The van der Waals surface area contributed by atoms with Crippen LogP contribution in [0.1, 0.15) is 6.42 Å². The van der Waals surface area contributed by atoms with Gasteiger partial charge in [-0.25, -0.2) is 0 Å². The van der Waals surface area contributed by atoms with Crippen molar-refractivity contribution in [1.82, 2.24) is 0 Å². The molecule has 5 heteroatoms. The molecule has 66 valence electrons. The fourth-order valence-electron chi connectivity index (χ4n) is 0.964. The molecule has 1 heterocycles. The van der Waals surface area contributed by atoms with Crippen LogP contribution in [0.3, 0.4) is 0 Å². The van der Waals surface area contributed by atoms with E-state index in [0.29, 0.717) is 0 Å². The lowest BCUT2D eigenvalue weighted by molar-refractivity contribution is -0.291. The first-order valence-corrected chi connectivity index (χ1v) is 3.25. The number of hydrogen-bond acceptors (Lipinski definition) is 2. The zero-order chi connectivity index (χ0) is 8.48. The van der Waals surface area contributed by atoms with Gasteiger partial charge in [-0.1, -0.05) is 0 Å². The van der Waals surface area contributed by atoms with Crippen molar-refractivity contribution >= 4 is 0 Å². The molecule has 0 aromatic heterocycles. The van der Waals surface area contributed by atoms with Crippen molar-refractivity contribution in [1.29, 1.82) is 0 Å². The van der Waals surface area contributed by atoms with Crippen LogP contribution in [0.4, 0.5) is 13.2 Å². The van der Waals surface area contributed by atoms with Crippen LogP contribution in [-0.4, -0.2) is 32.1 Å². The molecule has 1 rings (SSSR count). The highest BCUT2D eigenvalue weighted by Crippen LogP contribution is 2.34. The van der Waals surface area contributed by atoms with E-state index in [-0.39, 0.29) is 19.1 Å². The highest BCUT2D eigenvalue weighted by atomic mass is 19.4. The maximum atomic E-state index is 11.7. The Morgan fingerprint density at radius 3 is 2.45 bits per heavy atom. The normalized spacial score (nSPS) is 31.6. The maximum absolute atomic E-state index is 11.7. The van der Waals surface area contributed by atoms with Gasteiger partial charge in [-0.05, 0) is 0 Å². The van der Waals surface area contributed by atoms with Gasteiger partial charge in [-0.15, -0.1) is 0 Å². The maximum Gasteiger partial charge on any atom is 0.414 e. The Labute approximate surface area is 62.3 Å². The lowest BCUT2D eigenvalue weighted by Gasteiger charge is -2.36. The average Bonchev–Trinajstić information content (AvgIpc) is 1.74. The summed E-state index contributed by atoms with van der Waals surface area (Å²) in [5, 5.41) is 0. The van der Waals surface area contributed by atoms with Crippen molar-refractivity contribution < 1.29 is 22.6 Å². The van der Waals surface area contributed by atoms with Gasteiger partial charge in [0.05, 0.1) is 12.7 Å². The van der Waals surface area contributed by atoms with Gasteiger partial charge in [-0.3, -0.25) is 0 Å². The number of methoxy groups -OCH3 is 1. The molecule has 1 aliphatic rings. The Morgan fingerprint density at radius 1 is 1.55 bits per heavy atom. The van der Waals surface area contributed by atoms with E-state index in [2.05, 4.69) is 9.47 Å². The predicted molar refractivity (Wildman–Crippen MR) is 31.2 cm³/mol. The van der Waals surface area contributed by atoms with Crippen molar-refractivity contribution in [2.45, 2.75) is 24.8 Å². The summed E-state index contributed by atoms with van der Waals surface area (Å²) in [7, 11) is 1.43. The van der Waals surface area contributed by atoms with E-state index in [1.807, 2.05) is 0 Å². The molecule has 2 nitrogen and oxygen atoms in total. The number of alkyl halides is 3.